The first-order chi connectivity index (χ1) is 10.4. The molecule has 22 heavy (non-hydrogen) atoms. The van der Waals surface area contributed by atoms with Gasteiger partial charge in [-0.05, 0) is 31.6 Å². The smallest absolute Gasteiger partial charge is 0.331 e. The van der Waals surface area contributed by atoms with Gasteiger partial charge in [-0.3, -0.25) is 10.1 Å². The molecule has 1 aromatic rings. The number of benzene rings is 1. The van der Waals surface area contributed by atoms with Crippen molar-refractivity contribution in [1.82, 2.24) is 10.6 Å². The minimum Gasteiger partial charge on any atom is -0.449 e. The summed E-state index contributed by atoms with van der Waals surface area (Å²) in [7, 11) is 0. The molecule has 0 fully saturated rings. The second-order valence-electron chi connectivity index (χ2n) is 4.28. The van der Waals surface area contributed by atoms with Gasteiger partial charge in [0.15, 0.2) is 6.10 Å². The van der Waals surface area contributed by atoms with E-state index in [4.69, 9.17) is 16.3 Å². The Labute approximate surface area is 133 Å². The Morgan fingerprint density at radius 3 is 2.64 bits per heavy atom. The van der Waals surface area contributed by atoms with E-state index in [1.54, 1.807) is 31.2 Å². The zero-order valence-electron chi connectivity index (χ0n) is 12.3. The normalized spacial score (nSPS) is 11.8. The molecule has 0 aliphatic heterocycles. The predicted octanol–water partition coefficient (Wildman–Crippen LogP) is 2.13. The summed E-state index contributed by atoms with van der Waals surface area (Å²) in [5.41, 5.74) is 0.653. The highest BCUT2D eigenvalue weighted by Gasteiger charge is 2.18. The number of urea groups is 1. The molecule has 6 nitrogen and oxygen atoms in total. The number of amides is 3. The van der Waals surface area contributed by atoms with Gasteiger partial charge in [0.2, 0.25) is 0 Å². The van der Waals surface area contributed by atoms with Crippen LogP contribution in [0.2, 0.25) is 5.02 Å². The minimum absolute atomic E-state index is 0.383. The summed E-state index contributed by atoms with van der Waals surface area (Å²) in [4.78, 5) is 34.4. The maximum Gasteiger partial charge on any atom is 0.331 e. The molecule has 0 unspecified atom stereocenters. The highest BCUT2D eigenvalue weighted by Crippen LogP contribution is 2.16. The lowest BCUT2D eigenvalue weighted by atomic mass is 10.2. The molecule has 0 saturated heterocycles. The van der Waals surface area contributed by atoms with E-state index in [1.165, 1.54) is 13.0 Å². The second kappa shape index (κ2) is 8.84. The molecule has 0 heterocycles. The van der Waals surface area contributed by atoms with Gasteiger partial charge in [0.1, 0.15) is 0 Å². The molecular weight excluding hydrogens is 308 g/mol. The molecule has 118 valence electrons. The number of hydrogen-bond acceptors (Lipinski definition) is 4. The molecule has 1 aromatic carbocycles. The Morgan fingerprint density at radius 1 is 1.32 bits per heavy atom. The van der Waals surface area contributed by atoms with Crippen molar-refractivity contribution in [3.05, 3.63) is 40.9 Å². The molecule has 3 amide bonds. The Hall–Kier alpha value is -2.34. The number of nitrogens with one attached hydrogen (secondary N) is 2. The van der Waals surface area contributed by atoms with Crippen LogP contribution in [0.4, 0.5) is 4.79 Å². The molecule has 0 spiro atoms. The first-order valence-corrected chi connectivity index (χ1v) is 7.03. The van der Waals surface area contributed by atoms with Crippen molar-refractivity contribution in [3.63, 3.8) is 0 Å². The lowest BCUT2D eigenvalue weighted by molar-refractivity contribution is -0.149. The molecule has 7 heteroatoms. The summed E-state index contributed by atoms with van der Waals surface area (Å²) < 4.78 is 4.89. The lowest BCUT2D eigenvalue weighted by Gasteiger charge is -2.11. The predicted molar refractivity (Wildman–Crippen MR) is 83.3 cm³/mol. The monoisotopic (exact) mass is 324 g/mol. The van der Waals surface area contributed by atoms with Gasteiger partial charge < -0.3 is 10.1 Å². The Bertz CT molecular complexity index is 587. The van der Waals surface area contributed by atoms with Gasteiger partial charge >= 0.3 is 12.0 Å². The Balaban J connectivity index is 2.52. The topological polar surface area (TPSA) is 84.5 Å². The number of ether oxygens (including phenoxy) is 1. The second-order valence-corrected chi connectivity index (χ2v) is 4.69. The van der Waals surface area contributed by atoms with Crippen LogP contribution in [0, 0.1) is 0 Å². The molecule has 2 N–H and O–H groups in total. The molecule has 0 aliphatic rings. The van der Waals surface area contributed by atoms with Crippen molar-refractivity contribution < 1.29 is 19.1 Å². The van der Waals surface area contributed by atoms with Crippen LogP contribution in [0.15, 0.2) is 30.3 Å². The van der Waals surface area contributed by atoms with Gasteiger partial charge in [-0.15, -0.1) is 0 Å². The van der Waals surface area contributed by atoms with Gasteiger partial charge in [0, 0.05) is 17.6 Å². The number of rotatable bonds is 5. The summed E-state index contributed by atoms with van der Waals surface area (Å²) in [5.74, 6) is -1.41. The van der Waals surface area contributed by atoms with Crippen molar-refractivity contribution in [1.29, 1.82) is 0 Å². The van der Waals surface area contributed by atoms with Crippen LogP contribution in [0.3, 0.4) is 0 Å². The fraction of sp³-hybridized carbons (Fsp3) is 0.267. The Kier molecular flexibility index (Phi) is 7.12. The van der Waals surface area contributed by atoms with E-state index in [-0.39, 0.29) is 0 Å². The van der Waals surface area contributed by atoms with E-state index in [9.17, 15) is 14.4 Å². The SMILES string of the molecule is CCNC(=O)NC(=O)[C@H](C)OC(=O)/C=C/c1ccccc1Cl. The highest BCUT2D eigenvalue weighted by atomic mass is 35.5. The number of halogens is 1. The van der Waals surface area contributed by atoms with E-state index in [2.05, 4.69) is 10.6 Å². The van der Waals surface area contributed by atoms with Crippen molar-refractivity contribution in [2.45, 2.75) is 20.0 Å². The largest absolute Gasteiger partial charge is 0.449 e. The summed E-state index contributed by atoms with van der Waals surface area (Å²) in [6, 6.07) is 6.33. The summed E-state index contributed by atoms with van der Waals surface area (Å²) in [6.45, 7) is 3.47. The number of esters is 1. The number of carbonyl (C=O) groups excluding carboxylic acids is 3. The molecule has 0 aromatic heterocycles. The third-order valence-electron chi connectivity index (χ3n) is 2.54. The van der Waals surface area contributed by atoms with Gasteiger partial charge in [-0.1, -0.05) is 29.8 Å². The molecule has 1 atom stereocenters. The molecular formula is C15H17ClN2O4. The van der Waals surface area contributed by atoms with E-state index in [0.717, 1.165) is 6.08 Å². The van der Waals surface area contributed by atoms with Crippen LogP contribution < -0.4 is 10.6 Å². The zero-order valence-corrected chi connectivity index (χ0v) is 13.0. The summed E-state index contributed by atoms with van der Waals surface area (Å²) >= 11 is 5.94. The third kappa shape index (κ3) is 5.97. The van der Waals surface area contributed by atoms with Gasteiger partial charge in [-0.25, -0.2) is 9.59 Å². The summed E-state index contributed by atoms with van der Waals surface area (Å²) in [6.07, 6.45) is 1.56. The van der Waals surface area contributed by atoms with E-state index >= 15 is 0 Å². The van der Waals surface area contributed by atoms with E-state index < -0.39 is 24.0 Å². The van der Waals surface area contributed by atoms with Crippen LogP contribution in [0.1, 0.15) is 19.4 Å². The summed E-state index contributed by atoms with van der Waals surface area (Å²) in [5, 5.41) is 4.95. The quantitative estimate of drug-likeness (QED) is 0.642. The first kappa shape index (κ1) is 17.7. The highest BCUT2D eigenvalue weighted by molar-refractivity contribution is 6.32. The van der Waals surface area contributed by atoms with Gasteiger partial charge in [-0.2, -0.15) is 0 Å². The van der Waals surface area contributed by atoms with Crippen molar-refractivity contribution >= 4 is 35.6 Å². The maximum absolute atomic E-state index is 11.6. The molecule has 0 radical (unpaired) electrons. The lowest BCUT2D eigenvalue weighted by Crippen LogP contribution is -2.44. The van der Waals surface area contributed by atoms with Crippen molar-refractivity contribution in [2.75, 3.05) is 6.54 Å². The fourth-order valence-electron chi connectivity index (χ4n) is 1.45. The average molecular weight is 325 g/mol. The van der Waals surface area contributed by atoms with Crippen LogP contribution in [0.25, 0.3) is 6.08 Å². The van der Waals surface area contributed by atoms with Crippen LogP contribution in [-0.2, 0) is 14.3 Å². The first-order valence-electron chi connectivity index (χ1n) is 6.66. The van der Waals surface area contributed by atoms with Crippen LogP contribution in [0.5, 0.6) is 0 Å². The minimum atomic E-state index is -1.09. The number of carbonyl (C=O) groups is 3. The standard InChI is InChI=1S/C15H17ClN2O4/c1-3-17-15(21)18-14(20)10(2)22-13(19)9-8-11-6-4-5-7-12(11)16/h4-10H,3H2,1-2H3,(H2,17,18,20,21)/b9-8+/t10-/m0/s1. The van der Waals surface area contributed by atoms with E-state index in [1.807, 2.05) is 0 Å². The fourth-order valence-corrected chi connectivity index (χ4v) is 1.65. The van der Waals surface area contributed by atoms with Crippen molar-refractivity contribution in [2.24, 2.45) is 0 Å². The zero-order chi connectivity index (χ0) is 16.5. The van der Waals surface area contributed by atoms with Gasteiger partial charge in [0.05, 0.1) is 0 Å². The van der Waals surface area contributed by atoms with Crippen LogP contribution >= 0.6 is 11.6 Å². The molecule has 1 rings (SSSR count). The van der Waals surface area contributed by atoms with Crippen LogP contribution in [-0.4, -0.2) is 30.6 Å². The number of hydrogen-bond donors (Lipinski definition) is 2. The van der Waals surface area contributed by atoms with Gasteiger partial charge in [0.25, 0.3) is 5.91 Å². The number of imide groups is 1. The molecule has 0 saturated carbocycles. The maximum atomic E-state index is 11.6. The van der Waals surface area contributed by atoms with E-state index in [0.29, 0.717) is 17.1 Å². The molecule has 0 bridgehead atoms. The molecule has 0 aliphatic carbocycles. The third-order valence-corrected chi connectivity index (χ3v) is 2.88. The average Bonchev–Trinajstić information content (AvgIpc) is 2.46. The van der Waals surface area contributed by atoms with Crippen molar-refractivity contribution in [3.8, 4) is 0 Å². The Morgan fingerprint density at radius 2 is 2.00 bits per heavy atom.